The standard InChI is InChI=1S/C14H19N5O.ClH/c1-8-6-9(2)19-13(16-8)12(10(3)17-19)14(20)18-5-4-11(15)7-18;/h6,11H,4-5,7,15H2,1-3H3;1H/t11-;/m1./s1. The number of fused-ring (bicyclic) bond motifs is 1. The lowest BCUT2D eigenvalue weighted by Crippen LogP contribution is -2.32. The van der Waals surface area contributed by atoms with Crippen molar-refractivity contribution in [2.24, 2.45) is 5.73 Å². The number of likely N-dealkylation sites (tertiary alicyclic amines) is 1. The van der Waals surface area contributed by atoms with Crippen LogP contribution in [0.5, 0.6) is 0 Å². The van der Waals surface area contributed by atoms with Crippen LogP contribution in [-0.2, 0) is 0 Å². The molecule has 0 spiro atoms. The van der Waals surface area contributed by atoms with Gasteiger partial charge in [-0.1, -0.05) is 0 Å². The molecular weight excluding hydrogens is 290 g/mol. The maximum atomic E-state index is 12.7. The number of carbonyl (C=O) groups is 1. The molecule has 6 nitrogen and oxygen atoms in total. The van der Waals surface area contributed by atoms with Gasteiger partial charge in [0.05, 0.1) is 5.69 Å². The minimum absolute atomic E-state index is 0. The minimum Gasteiger partial charge on any atom is -0.337 e. The van der Waals surface area contributed by atoms with E-state index in [2.05, 4.69) is 10.1 Å². The van der Waals surface area contributed by atoms with Gasteiger partial charge in [-0.15, -0.1) is 12.4 Å². The molecule has 2 N–H and O–H groups in total. The van der Waals surface area contributed by atoms with E-state index in [1.807, 2.05) is 26.8 Å². The average molecular weight is 310 g/mol. The predicted molar refractivity (Wildman–Crippen MR) is 82.9 cm³/mol. The number of hydrogen-bond donors (Lipinski definition) is 1. The van der Waals surface area contributed by atoms with Crippen molar-refractivity contribution in [1.82, 2.24) is 19.5 Å². The van der Waals surface area contributed by atoms with Crippen molar-refractivity contribution in [2.75, 3.05) is 13.1 Å². The Labute approximate surface area is 129 Å². The molecule has 3 heterocycles. The molecule has 1 aliphatic heterocycles. The number of amides is 1. The Hall–Kier alpha value is -1.66. The maximum absolute atomic E-state index is 12.7. The monoisotopic (exact) mass is 309 g/mol. The van der Waals surface area contributed by atoms with E-state index in [0.29, 0.717) is 24.3 Å². The number of aromatic nitrogens is 3. The summed E-state index contributed by atoms with van der Waals surface area (Å²) < 4.78 is 1.74. The van der Waals surface area contributed by atoms with Crippen molar-refractivity contribution in [2.45, 2.75) is 33.2 Å². The van der Waals surface area contributed by atoms with Crippen molar-refractivity contribution >= 4 is 24.0 Å². The van der Waals surface area contributed by atoms with E-state index >= 15 is 0 Å². The summed E-state index contributed by atoms with van der Waals surface area (Å²) >= 11 is 0. The van der Waals surface area contributed by atoms with Crippen LogP contribution in [0.25, 0.3) is 5.65 Å². The Morgan fingerprint density at radius 1 is 1.38 bits per heavy atom. The minimum atomic E-state index is -0.0112. The van der Waals surface area contributed by atoms with E-state index in [9.17, 15) is 4.79 Å². The van der Waals surface area contributed by atoms with E-state index < -0.39 is 0 Å². The van der Waals surface area contributed by atoms with Crippen molar-refractivity contribution in [3.8, 4) is 0 Å². The molecule has 1 atom stereocenters. The first-order valence-electron chi connectivity index (χ1n) is 6.86. The zero-order valence-electron chi connectivity index (χ0n) is 12.5. The summed E-state index contributed by atoms with van der Waals surface area (Å²) in [5, 5.41) is 4.44. The van der Waals surface area contributed by atoms with Gasteiger partial charge in [0.2, 0.25) is 0 Å². The summed E-state index contributed by atoms with van der Waals surface area (Å²) in [4.78, 5) is 19.0. The second-order valence-electron chi connectivity index (χ2n) is 5.53. The molecule has 0 aliphatic carbocycles. The summed E-state index contributed by atoms with van der Waals surface area (Å²) in [6, 6.07) is 2.04. The summed E-state index contributed by atoms with van der Waals surface area (Å²) in [6.45, 7) is 7.07. The van der Waals surface area contributed by atoms with Crippen LogP contribution in [0.3, 0.4) is 0 Å². The molecule has 0 aromatic carbocycles. The lowest BCUT2D eigenvalue weighted by molar-refractivity contribution is 0.0792. The lowest BCUT2D eigenvalue weighted by Gasteiger charge is -2.15. The Morgan fingerprint density at radius 3 is 2.71 bits per heavy atom. The third kappa shape index (κ3) is 2.61. The largest absolute Gasteiger partial charge is 0.337 e. The lowest BCUT2D eigenvalue weighted by atomic mass is 10.2. The molecule has 1 saturated heterocycles. The average Bonchev–Trinajstić information content (AvgIpc) is 2.92. The highest BCUT2D eigenvalue weighted by atomic mass is 35.5. The Morgan fingerprint density at radius 2 is 2.10 bits per heavy atom. The van der Waals surface area contributed by atoms with Gasteiger partial charge in [0, 0.05) is 30.5 Å². The zero-order valence-corrected chi connectivity index (χ0v) is 13.3. The molecule has 114 valence electrons. The number of halogens is 1. The molecule has 21 heavy (non-hydrogen) atoms. The number of nitrogens with zero attached hydrogens (tertiary/aromatic N) is 4. The fraction of sp³-hybridized carbons (Fsp3) is 0.500. The van der Waals surface area contributed by atoms with Gasteiger partial charge in [-0.2, -0.15) is 5.10 Å². The van der Waals surface area contributed by atoms with Gasteiger partial charge >= 0.3 is 0 Å². The smallest absolute Gasteiger partial charge is 0.259 e. The third-order valence-electron chi connectivity index (χ3n) is 3.80. The molecule has 0 radical (unpaired) electrons. The van der Waals surface area contributed by atoms with Gasteiger partial charge in [0.1, 0.15) is 5.56 Å². The van der Waals surface area contributed by atoms with E-state index in [4.69, 9.17) is 5.73 Å². The molecular formula is C14H20ClN5O. The second-order valence-corrected chi connectivity index (χ2v) is 5.53. The highest BCUT2D eigenvalue weighted by Gasteiger charge is 2.29. The summed E-state index contributed by atoms with van der Waals surface area (Å²) in [7, 11) is 0. The topological polar surface area (TPSA) is 76.5 Å². The van der Waals surface area contributed by atoms with Crippen LogP contribution >= 0.6 is 12.4 Å². The Bertz CT molecular complexity index is 696. The third-order valence-corrected chi connectivity index (χ3v) is 3.80. The molecule has 3 rings (SSSR count). The molecule has 2 aromatic rings. The van der Waals surface area contributed by atoms with Gasteiger partial charge < -0.3 is 10.6 Å². The fourth-order valence-corrected chi connectivity index (χ4v) is 2.81. The predicted octanol–water partition coefficient (Wildman–Crippen LogP) is 1.25. The Balaban J connectivity index is 0.00000161. The molecule has 1 aliphatic rings. The van der Waals surface area contributed by atoms with Crippen molar-refractivity contribution in [3.63, 3.8) is 0 Å². The number of carbonyl (C=O) groups excluding carboxylic acids is 1. The fourth-order valence-electron chi connectivity index (χ4n) is 2.81. The van der Waals surface area contributed by atoms with Gasteiger partial charge in [-0.3, -0.25) is 4.79 Å². The van der Waals surface area contributed by atoms with Crippen LogP contribution in [-0.4, -0.2) is 44.5 Å². The highest BCUT2D eigenvalue weighted by molar-refractivity contribution is 6.01. The van der Waals surface area contributed by atoms with E-state index in [1.165, 1.54) is 0 Å². The van der Waals surface area contributed by atoms with E-state index in [1.54, 1.807) is 9.42 Å². The van der Waals surface area contributed by atoms with Crippen LogP contribution < -0.4 is 5.73 Å². The number of rotatable bonds is 1. The van der Waals surface area contributed by atoms with Crippen LogP contribution in [0.4, 0.5) is 0 Å². The zero-order chi connectivity index (χ0) is 14.4. The molecule has 7 heteroatoms. The first-order chi connectivity index (χ1) is 9.47. The van der Waals surface area contributed by atoms with Gasteiger partial charge in [0.25, 0.3) is 5.91 Å². The number of hydrogen-bond acceptors (Lipinski definition) is 4. The first kappa shape index (κ1) is 15.7. The Kier molecular flexibility index (Phi) is 4.20. The summed E-state index contributed by atoms with van der Waals surface area (Å²) in [5.74, 6) is -0.0112. The molecule has 2 aromatic heterocycles. The summed E-state index contributed by atoms with van der Waals surface area (Å²) in [5.41, 5.74) is 9.72. The van der Waals surface area contributed by atoms with Crippen LogP contribution in [0.1, 0.15) is 33.9 Å². The summed E-state index contributed by atoms with van der Waals surface area (Å²) in [6.07, 6.45) is 0.857. The molecule has 1 amide bonds. The second kappa shape index (κ2) is 5.61. The van der Waals surface area contributed by atoms with Crippen molar-refractivity contribution < 1.29 is 4.79 Å². The van der Waals surface area contributed by atoms with Crippen molar-refractivity contribution in [1.29, 1.82) is 0 Å². The normalized spacial score (nSPS) is 18.1. The SMILES string of the molecule is Cc1cc(C)n2nc(C)c(C(=O)N3CC[C@@H](N)C3)c2n1.Cl. The molecule has 0 bridgehead atoms. The number of aryl methyl sites for hydroxylation is 3. The van der Waals surface area contributed by atoms with Crippen LogP contribution in [0.2, 0.25) is 0 Å². The van der Waals surface area contributed by atoms with Gasteiger partial charge in [0.15, 0.2) is 5.65 Å². The number of nitrogens with two attached hydrogens (primary N) is 1. The molecule has 0 unspecified atom stereocenters. The van der Waals surface area contributed by atoms with Gasteiger partial charge in [-0.25, -0.2) is 9.50 Å². The van der Waals surface area contributed by atoms with E-state index in [0.717, 1.165) is 23.5 Å². The van der Waals surface area contributed by atoms with Crippen molar-refractivity contribution in [3.05, 3.63) is 28.7 Å². The first-order valence-corrected chi connectivity index (χ1v) is 6.86. The van der Waals surface area contributed by atoms with Gasteiger partial charge in [-0.05, 0) is 33.3 Å². The van der Waals surface area contributed by atoms with Crippen LogP contribution in [0, 0.1) is 20.8 Å². The highest BCUT2D eigenvalue weighted by Crippen LogP contribution is 2.20. The maximum Gasteiger partial charge on any atom is 0.259 e. The van der Waals surface area contributed by atoms with Crippen LogP contribution in [0.15, 0.2) is 6.07 Å². The van der Waals surface area contributed by atoms with E-state index in [-0.39, 0.29) is 24.4 Å². The molecule has 0 saturated carbocycles. The quantitative estimate of drug-likeness (QED) is 0.860. The molecule has 1 fully saturated rings.